The van der Waals surface area contributed by atoms with Crippen LogP contribution in [-0.2, 0) is 4.79 Å². The number of halogens is 3. The summed E-state index contributed by atoms with van der Waals surface area (Å²) in [5.74, 6) is -1.17. The van der Waals surface area contributed by atoms with Gasteiger partial charge >= 0.3 is 0 Å². The molecule has 1 fully saturated rings. The number of hydrogen-bond acceptors (Lipinski definition) is 3. The van der Waals surface area contributed by atoms with Gasteiger partial charge < -0.3 is 15.1 Å². The highest BCUT2D eigenvalue weighted by atomic mass is 79.9. The van der Waals surface area contributed by atoms with Gasteiger partial charge in [-0.15, -0.1) is 0 Å². The van der Waals surface area contributed by atoms with Gasteiger partial charge in [-0.2, -0.15) is 0 Å². The Morgan fingerprint density at radius 2 is 1.85 bits per heavy atom. The molecule has 1 aliphatic rings. The van der Waals surface area contributed by atoms with Gasteiger partial charge in [0.15, 0.2) is 0 Å². The molecule has 0 aromatic heterocycles. The molecule has 1 aliphatic heterocycles. The van der Waals surface area contributed by atoms with E-state index in [0.29, 0.717) is 35.7 Å². The normalized spacial score (nSPS) is 14.2. The zero-order valence-corrected chi connectivity index (χ0v) is 16.8. The molecule has 8 heteroatoms. The predicted octanol–water partition coefficient (Wildman–Crippen LogP) is 3.32. The summed E-state index contributed by atoms with van der Waals surface area (Å²) < 4.78 is 13.8. The van der Waals surface area contributed by atoms with Crippen molar-refractivity contribution < 1.29 is 14.0 Å². The minimum Gasteiger partial charge on any atom is -0.368 e. The lowest BCUT2D eigenvalue weighted by Gasteiger charge is -2.36. The maximum absolute atomic E-state index is 13.3. The van der Waals surface area contributed by atoms with Gasteiger partial charge in [-0.25, -0.2) is 4.39 Å². The van der Waals surface area contributed by atoms with Crippen LogP contribution in [0.5, 0.6) is 0 Å². The van der Waals surface area contributed by atoms with Gasteiger partial charge in [0.25, 0.3) is 5.91 Å². The van der Waals surface area contributed by atoms with E-state index in [1.807, 2.05) is 24.3 Å². The topological polar surface area (TPSA) is 52.7 Å². The minimum atomic E-state index is -0.508. The summed E-state index contributed by atoms with van der Waals surface area (Å²) in [4.78, 5) is 28.4. The van der Waals surface area contributed by atoms with Crippen LogP contribution in [0.15, 0.2) is 46.9 Å². The molecule has 0 unspecified atom stereocenters. The Hall–Kier alpha value is -2.12. The first-order valence-corrected chi connectivity index (χ1v) is 9.62. The molecule has 0 aliphatic carbocycles. The maximum atomic E-state index is 13.3. The van der Waals surface area contributed by atoms with Crippen molar-refractivity contribution in [1.29, 1.82) is 0 Å². The SMILES string of the molecule is O=C(NCC(=O)N1CCN(c2cccc(Cl)c2)CC1)c1cc(F)ccc1Br. The van der Waals surface area contributed by atoms with Crippen LogP contribution in [0.2, 0.25) is 5.02 Å². The minimum absolute atomic E-state index is 0.126. The third-order valence-electron chi connectivity index (χ3n) is 4.38. The number of piperazine rings is 1. The van der Waals surface area contributed by atoms with Crippen molar-refractivity contribution >= 4 is 45.0 Å². The summed E-state index contributed by atoms with van der Waals surface area (Å²) in [6.45, 7) is 2.37. The van der Waals surface area contributed by atoms with Crippen LogP contribution in [-0.4, -0.2) is 49.4 Å². The van der Waals surface area contributed by atoms with Crippen LogP contribution in [0.4, 0.5) is 10.1 Å². The van der Waals surface area contributed by atoms with E-state index < -0.39 is 11.7 Å². The molecule has 0 bridgehead atoms. The van der Waals surface area contributed by atoms with E-state index in [1.54, 1.807) is 4.90 Å². The Bertz CT molecular complexity index is 857. The Balaban J connectivity index is 1.51. The van der Waals surface area contributed by atoms with Gasteiger partial charge in [0.1, 0.15) is 5.82 Å². The van der Waals surface area contributed by atoms with E-state index in [0.717, 1.165) is 11.8 Å². The number of carbonyl (C=O) groups is 2. The lowest BCUT2D eigenvalue weighted by molar-refractivity contribution is -0.130. The van der Waals surface area contributed by atoms with E-state index in [2.05, 4.69) is 26.1 Å². The number of nitrogens with one attached hydrogen (secondary N) is 1. The van der Waals surface area contributed by atoms with Crippen LogP contribution < -0.4 is 10.2 Å². The highest BCUT2D eigenvalue weighted by Gasteiger charge is 2.22. The average molecular weight is 455 g/mol. The third kappa shape index (κ3) is 4.99. The van der Waals surface area contributed by atoms with Gasteiger partial charge in [0.2, 0.25) is 5.91 Å². The molecule has 0 saturated carbocycles. The summed E-state index contributed by atoms with van der Waals surface area (Å²) in [6.07, 6.45) is 0. The lowest BCUT2D eigenvalue weighted by Crippen LogP contribution is -2.51. The standard InChI is InChI=1S/C19H18BrClFN3O2/c20-17-5-4-14(22)11-16(17)19(27)23-12-18(26)25-8-6-24(7-9-25)15-3-1-2-13(21)10-15/h1-5,10-11H,6-9,12H2,(H,23,27). The average Bonchev–Trinajstić information content (AvgIpc) is 2.68. The summed E-state index contributed by atoms with van der Waals surface area (Å²) in [5.41, 5.74) is 1.19. The molecule has 27 heavy (non-hydrogen) atoms. The van der Waals surface area contributed by atoms with Crippen molar-refractivity contribution in [3.63, 3.8) is 0 Å². The zero-order valence-electron chi connectivity index (χ0n) is 14.4. The molecule has 5 nitrogen and oxygen atoms in total. The first kappa shape index (κ1) is 19.6. The second-order valence-electron chi connectivity index (χ2n) is 6.15. The zero-order chi connectivity index (χ0) is 19.4. The molecule has 2 aromatic carbocycles. The number of anilines is 1. The van der Waals surface area contributed by atoms with Gasteiger partial charge in [-0.1, -0.05) is 17.7 Å². The monoisotopic (exact) mass is 453 g/mol. The molecular formula is C19H18BrClFN3O2. The fraction of sp³-hybridized carbons (Fsp3) is 0.263. The summed E-state index contributed by atoms with van der Waals surface area (Å²) >= 11 is 9.24. The van der Waals surface area contributed by atoms with E-state index in [9.17, 15) is 14.0 Å². The largest absolute Gasteiger partial charge is 0.368 e. The van der Waals surface area contributed by atoms with E-state index in [4.69, 9.17) is 11.6 Å². The number of benzene rings is 2. The van der Waals surface area contributed by atoms with E-state index >= 15 is 0 Å². The van der Waals surface area contributed by atoms with Crippen molar-refractivity contribution in [1.82, 2.24) is 10.2 Å². The Kier molecular flexibility index (Phi) is 6.34. The van der Waals surface area contributed by atoms with Crippen molar-refractivity contribution in [2.75, 3.05) is 37.6 Å². The third-order valence-corrected chi connectivity index (χ3v) is 5.31. The molecule has 1 saturated heterocycles. The number of hydrogen-bond donors (Lipinski definition) is 1. The Morgan fingerprint density at radius 3 is 2.56 bits per heavy atom. The van der Waals surface area contributed by atoms with E-state index in [-0.39, 0.29) is 18.0 Å². The number of amides is 2. The lowest BCUT2D eigenvalue weighted by atomic mass is 10.2. The quantitative estimate of drug-likeness (QED) is 0.771. The van der Waals surface area contributed by atoms with Crippen LogP contribution in [0, 0.1) is 5.82 Å². The second kappa shape index (κ2) is 8.71. The summed E-state index contributed by atoms with van der Waals surface area (Å²) in [7, 11) is 0. The van der Waals surface area contributed by atoms with Crippen LogP contribution in [0.3, 0.4) is 0 Å². The smallest absolute Gasteiger partial charge is 0.252 e. The molecule has 0 spiro atoms. The predicted molar refractivity (Wildman–Crippen MR) is 107 cm³/mol. The van der Waals surface area contributed by atoms with Gasteiger partial charge in [0.05, 0.1) is 12.1 Å². The Labute approximate surface area is 170 Å². The maximum Gasteiger partial charge on any atom is 0.252 e. The number of rotatable bonds is 4. The van der Waals surface area contributed by atoms with Crippen LogP contribution in [0.25, 0.3) is 0 Å². The molecule has 1 N–H and O–H groups in total. The van der Waals surface area contributed by atoms with Crippen LogP contribution in [0.1, 0.15) is 10.4 Å². The fourth-order valence-electron chi connectivity index (χ4n) is 2.92. The van der Waals surface area contributed by atoms with Crippen molar-refractivity contribution in [2.45, 2.75) is 0 Å². The van der Waals surface area contributed by atoms with Crippen molar-refractivity contribution in [3.8, 4) is 0 Å². The highest BCUT2D eigenvalue weighted by molar-refractivity contribution is 9.10. The fourth-order valence-corrected chi connectivity index (χ4v) is 3.53. The number of carbonyl (C=O) groups excluding carboxylic acids is 2. The molecule has 3 rings (SSSR count). The van der Waals surface area contributed by atoms with Gasteiger partial charge in [0, 0.05) is 41.4 Å². The second-order valence-corrected chi connectivity index (χ2v) is 7.45. The first-order valence-electron chi connectivity index (χ1n) is 8.45. The van der Waals surface area contributed by atoms with E-state index in [1.165, 1.54) is 12.1 Å². The van der Waals surface area contributed by atoms with Crippen molar-refractivity contribution in [3.05, 3.63) is 63.3 Å². The van der Waals surface area contributed by atoms with Crippen LogP contribution >= 0.6 is 27.5 Å². The van der Waals surface area contributed by atoms with Crippen molar-refractivity contribution in [2.24, 2.45) is 0 Å². The molecule has 1 heterocycles. The molecule has 0 atom stereocenters. The molecule has 2 amide bonds. The summed E-state index contributed by atoms with van der Waals surface area (Å²) in [6, 6.07) is 11.5. The summed E-state index contributed by atoms with van der Waals surface area (Å²) in [5, 5.41) is 3.23. The highest BCUT2D eigenvalue weighted by Crippen LogP contribution is 2.21. The Morgan fingerprint density at radius 1 is 1.11 bits per heavy atom. The number of nitrogens with zero attached hydrogens (tertiary/aromatic N) is 2. The molecule has 0 radical (unpaired) electrons. The van der Waals surface area contributed by atoms with Gasteiger partial charge in [-0.05, 0) is 52.3 Å². The first-order chi connectivity index (χ1) is 12.9. The molecule has 2 aromatic rings. The van der Waals surface area contributed by atoms with Gasteiger partial charge in [-0.3, -0.25) is 9.59 Å². The molecular weight excluding hydrogens is 437 g/mol. The molecule has 142 valence electrons.